The monoisotopic (exact) mass is 257 g/mol. The first kappa shape index (κ1) is 14.0. The van der Waals surface area contributed by atoms with Gasteiger partial charge in [-0.15, -0.1) is 0 Å². The fourth-order valence-electron chi connectivity index (χ4n) is 1.37. The molecule has 0 aliphatic heterocycles. The first-order valence-corrected chi connectivity index (χ1v) is 6.75. The van der Waals surface area contributed by atoms with E-state index in [0.29, 0.717) is 29.8 Å². The summed E-state index contributed by atoms with van der Waals surface area (Å²) in [4.78, 5) is 11.7. The van der Waals surface area contributed by atoms with E-state index >= 15 is 0 Å². The molecule has 3 nitrogen and oxygen atoms in total. The van der Waals surface area contributed by atoms with Gasteiger partial charge in [-0.25, -0.2) is 4.39 Å². The molecule has 0 unspecified atom stereocenters. The number of rotatable bonds is 6. The molecule has 0 radical (unpaired) electrons. The van der Waals surface area contributed by atoms with Gasteiger partial charge in [-0.05, 0) is 36.4 Å². The highest BCUT2D eigenvalue weighted by Gasteiger charge is 2.08. The molecule has 0 heterocycles. The first-order chi connectivity index (χ1) is 8.19. The van der Waals surface area contributed by atoms with E-state index < -0.39 is 0 Å². The van der Waals surface area contributed by atoms with Gasteiger partial charge in [0, 0.05) is 24.5 Å². The molecule has 2 N–H and O–H groups in total. The Morgan fingerprint density at radius 3 is 2.94 bits per heavy atom. The van der Waals surface area contributed by atoms with Crippen LogP contribution in [0.1, 0.15) is 22.3 Å². The van der Waals surface area contributed by atoms with Crippen LogP contribution < -0.4 is 5.32 Å². The van der Waals surface area contributed by atoms with Gasteiger partial charge >= 0.3 is 0 Å². The molecule has 5 heteroatoms. The van der Waals surface area contributed by atoms with Gasteiger partial charge in [0.1, 0.15) is 5.82 Å². The summed E-state index contributed by atoms with van der Waals surface area (Å²) >= 11 is 1.51. The van der Waals surface area contributed by atoms with Gasteiger partial charge in [0.15, 0.2) is 0 Å². The summed E-state index contributed by atoms with van der Waals surface area (Å²) in [6.07, 6.45) is 2.40. The van der Waals surface area contributed by atoms with Crippen molar-refractivity contribution < 1.29 is 14.3 Å². The minimum absolute atomic E-state index is 0.0431. The van der Waals surface area contributed by atoms with Crippen LogP contribution in [-0.4, -0.2) is 30.4 Å². The Labute approximate surface area is 104 Å². The third-order valence-corrected chi connectivity index (χ3v) is 2.83. The van der Waals surface area contributed by atoms with Crippen molar-refractivity contribution >= 4 is 17.7 Å². The topological polar surface area (TPSA) is 49.3 Å². The van der Waals surface area contributed by atoms with Gasteiger partial charge in [0.25, 0.3) is 5.91 Å². The fraction of sp³-hybridized carbons (Fsp3) is 0.417. The number of hydrogen-bond acceptors (Lipinski definition) is 3. The van der Waals surface area contributed by atoms with E-state index in [1.165, 1.54) is 23.9 Å². The predicted molar refractivity (Wildman–Crippen MR) is 67.7 cm³/mol. The molecule has 0 saturated carbocycles. The van der Waals surface area contributed by atoms with Gasteiger partial charge in [-0.3, -0.25) is 4.79 Å². The van der Waals surface area contributed by atoms with Gasteiger partial charge in [-0.2, -0.15) is 11.8 Å². The Hall–Kier alpha value is -1.07. The molecule has 17 heavy (non-hydrogen) atoms. The lowest BCUT2D eigenvalue weighted by Gasteiger charge is -2.06. The molecule has 0 fully saturated rings. The van der Waals surface area contributed by atoms with Crippen LogP contribution in [0.3, 0.4) is 0 Å². The summed E-state index contributed by atoms with van der Waals surface area (Å²) in [7, 11) is 0. The molecule has 0 saturated heterocycles. The van der Waals surface area contributed by atoms with Crippen molar-refractivity contribution in [2.24, 2.45) is 0 Å². The van der Waals surface area contributed by atoms with Crippen molar-refractivity contribution in [3.05, 3.63) is 35.1 Å². The van der Waals surface area contributed by atoms with Crippen LogP contribution in [0.15, 0.2) is 18.2 Å². The summed E-state index contributed by atoms with van der Waals surface area (Å²) in [5, 5.41) is 11.3. The number of nitrogens with one attached hydrogen (secondary N) is 1. The average molecular weight is 257 g/mol. The number of aliphatic hydroxyl groups excluding tert-OH is 1. The molecule has 0 atom stereocenters. The van der Waals surface area contributed by atoms with E-state index in [2.05, 4.69) is 5.32 Å². The molecular formula is C12H16FNO2S. The van der Waals surface area contributed by atoms with E-state index in [1.807, 2.05) is 6.26 Å². The molecule has 0 aliphatic carbocycles. The van der Waals surface area contributed by atoms with E-state index in [1.54, 1.807) is 6.07 Å². The van der Waals surface area contributed by atoms with Crippen LogP contribution >= 0.6 is 11.8 Å². The largest absolute Gasteiger partial charge is 0.396 e. The Morgan fingerprint density at radius 2 is 2.29 bits per heavy atom. The summed E-state index contributed by atoms with van der Waals surface area (Å²) in [5.74, 6) is 0.0240. The SMILES string of the molecule is CSCc1cc(C(=O)NCCCO)ccc1F. The zero-order valence-corrected chi connectivity index (χ0v) is 10.5. The maximum atomic E-state index is 13.3. The lowest BCUT2D eigenvalue weighted by Crippen LogP contribution is -2.25. The van der Waals surface area contributed by atoms with Crippen molar-refractivity contribution in [2.75, 3.05) is 19.4 Å². The number of hydrogen-bond donors (Lipinski definition) is 2. The Bertz CT molecular complexity index is 385. The maximum absolute atomic E-state index is 13.3. The maximum Gasteiger partial charge on any atom is 0.251 e. The zero-order valence-electron chi connectivity index (χ0n) is 9.70. The summed E-state index contributed by atoms with van der Waals surface area (Å²) in [5.41, 5.74) is 0.987. The molecule has 1 amide bonds. The van der Waals surface area contributed by atoms with Crippen molar-refractivity contribution in [3.8, 4) is 0 Å². The molecule has 0 spiro atoms. The summed E-state index contributed by atoms with van der Waals surface area (Å²) in [6, 6.07) is 4.35. The highest BCUT2D eigenvalue weighted by atomic mass is 32.2. The minimum Gasteiger partial charge on any atom is -0.396 e. The van der Waals surface area contributed by atoms with Gasteiger partial charge in [0.2, 0.25) is 0 Å². The molecule has 1 aromatic rings. The number of carbonyl (C=O) groups is 1. The van der Waals surface area contributed by atoms with Crippen molar-refractivity contribution in [1.82, 2.24) is 5.32 Å². The first-order valence-electron chi connectivity index (χ1n) is 5.35. The number of amides is 1. The fourth-order valence-corrected chi connectivity index (χ4v) is 1.90. The Balaban J connectivity index is 2.70. The van der Waals surface area contributed by atoms with Crippen molar-refractivity contribution in [3.63, 3.8) is 0 Å². The van der Waals surface area contributed by atoms with Crippen molar-refractivity contribution in [2.45, 2.75) is 12.2 Å². The standard InChI is InChI=1S/C12H16FNO2S/c1-17-8-10-7-9(3-4-11(10)13)12(16)14-5-2-6-15/h3-4,7,15H,2,5-6,8H2,1H3,(H,14,16). The lowest BCUT2D eigenvalue weighted by molar-refractivity contribution is 0.0951. The van der Waals surface area contributed by atoms with Gasteiger partial charge in [-0.1, -0.05) is 0 Å². The lowest BCUT2D eigenvalue weighted by atomic mass is 10.1. The molecule has 94 valence electrons. The molecular weight excluding hydrogens is 241 g/mol. The van der Waals surface area contributed by atoms with Crippen LogP contribution in [0.4, 0.5) is 4.39 Å². The predicted octanol–water partition coefficient (Wildman–Crippen LogP) is 1.80. The van der Waals surface area contributed by atoms with Crippen LogP contribution in [0.25, 0.3) is 0 Å². The second kappa shape index (κ2) is 7.29. The quantitative estimate of drug-likeness (QED) is 0.764. The van der Waals surface area contributed by atoms with Gasteiger partial charge in [0.05, 0.1) is 0 Å². The van der Waals surface area contributed by atoms with Crippen LogP contribution in [0.2, 0.25) is 0 Å². The summed E-state index contributed by atoms with van der Waals surface area (Å²) < 4.78 is 13.3. The highest BCUT2D eigenvalue weighted by Crippen LogP contribution is 2.15. The summed E-state index contributed by atoms with van der Waals surface area (Å²) in [6.45, 7) is 0.464. The third kappa shape index (κ3) is 4.36. The smallest absolute Gasteiger partial charge is 0.251 e. The number of thioether (sulfide) groups is 1. The molecule has 1 aromatic carbocycles. The van der Waals surface area contributed by atoms with Crippen LogP contribution in [0, 0.1) is 5.82 Å². The normalized spacial score (nSPS) is 10.3. The number of benzene rings is 1. The second-order valence-corrected chi connectivity index (χ2v) is 4.44. The zero-order chi connectivity index (χ0) is 12.7. The minimum atomic E-state index is -0.286. The number of carbonyl (C=O) groups excluding carboxylic acids is 1. The average Bonchev–Trinajstić information content (AvgIpc) is 2.32. The van der Waals surface area contributed by atoms with Gasteiger partial charge < -0.3 is 10.4 Å². The molecule has 0 bridgehead atoms. The van der Waals surface area contributed by atoms with Crippen molar-refractivity contribution in [1.29, 1.82) is 0 Å². The molecule has 1 rings (SSSR count). The van der Waals surface area contributed by atoms with Crippen LogP contribution in [-0.2, 0) is 5.75 Å². The van der Waals surface area contributed by atoms with Crippen LogP contribution in [0.5, 0.6) is 0 Å². The second-order valence-electron chi connectivity index (χ2n) is 3.57. The van der Waals surface area contributed by atoms with E-state index in [0.717, 1.165) is 0 Å². The number of halogens is 1. The Morgan fingerprint density at radius 1 is 1.53 bits per heavy atom. The van der Waals surface area contributed by atoms with E-state index in [9.17, 15) is 9.18 Å². The third-order valence-electron chi connectivity index (χ3n) is 2.23. The van der Waals surface area contributed by atoms with E-state index in [4.69, 9.17) is 5.11 Å². The molecule has 0 aromatic heterocycles. The Kier molecular flexibility index (Phi) is 6.00. The van der Waals surface area contributed by atoms with E-state index in [-0.39, 0.29) is 18.3 Å². The number of aliphatic hydroxyl groups is 1. The molecule has 0 aliphatic rings. The highest BCUT2D eigenvalue weighted by molar-refractivity contribution is 7.97.